The summed E-state index contributed by atoms with van der Waals surface area (Å²) in [5.74, 6) is -0.554. The van der Waals surface area contributed by atoms with Gasteiger partial charge in [-0.3, -0.25) is 14.3 Å². The fourth-order valence-electron chi connectivity index (χ4n) is 3.77. The smallest absolute Gasteiger partial charge is 0.263 e. The molecule has 0 aliphatic heterocycles. The van der Waals surface area contributed by atoms with Crippen molar-refractivity contribution in [1.82, 2.24) is 10.6 Å². The monoisotopic (exact) mass is 497 g/mol. The van der Waals surface area contributed by atoms with Crippen LogP contribution in [-0.2, 0) is 14.8 Å². The minimum atomic E-state index is -3.97. The molecule has 1 aliphatic rings. The number of sulfonamides is 1. The second-order valence-corrected chi connectivity index (χ2v) is 10.2. The molecule has 1 aliphatic carbocycles. The highest BCUT2D eigenvalue weighted by Gasteiger charge is 2.40. The molecule has 0 saturated heterocycles. The van der Waals surface area contributed by atoms with Gasteiger partial charge in [-0.25, -0.2) is 8.42 Å². The van der Waals surface area contributed by atoms with Gasteiger partial charge in [-0.05, 0) is 62.2 Å². The zero-order chi connectivity index (χ0) is 23.4. The van der Waals surface area contributed by atoms with E-state index in [1.807, 2.05) is 6.92 Å². The lowest BCUT2D eigenvalue weighted by Gasteiger charge is -2.36. The number of hydrogen-bond acceptors (Lipinski definition) is 4. The van der Waals surface area contributed by atoms with Gasteiger partial charge in [0, 0.05) is 22.8 Å². The molecule has 0 unspecified atom stereocenters. The first kappa shape index (κ1) is 24.4. The number of carbonyl (C=O) groups is 2. The predicted molar refractivity (Wildman–Crippen MR) is 126 cm³/mol. The van der Waals surface area contributed by atoms with Crippen LogP contribution >= 0.6 is 23.2 Å². The first-order valence-electron chi connectivity index (χ1n) is 10.4. The average molecular weight is 498 g/mol. The van der Waals surface area contributed by atoms with E-state index in [0.29, 0.717) is 24.9 Å². The van der Waals surface area contributed by atoms with Crippen molar-refractivity contribution in [3.8, 4) is 0 Å². The van der Waals surface area contributed by atoms with E-state index in [-0.39, 0.29) is 32.4 Å². The van der Waals surface area contributed by atoms with Gasteiger partial charge in [0.25, 0.3) is 15.9 Å². The second kappa shape index (κ2) is 10.1. The number of likely N-dealkylation sites (N-methyl/N-ethyl adjacent to an activating group) is 1. The van der Waals surface area contributed by atoms with E-state index >= 15 is 0 Å². The Morgan fingerprint density at radius 3 is 2.28 bits per heavy atom. The van der Waals surface area contributed by atoms with Crippen molar-refractivity contribution < 1.29 is 18.0 Å². The second-order valence-electron chi connectivity index (χ2n) is 7.71. The first-order valence-corrected chi connectivity index (χ1v) is 12.6. The summed E-state index contributed by atoms with van der Waals surface area (Å²) >= 11 is 11.9. The van der Waals surface area contributed by atoms with E-state index < -0.39 is 15.6 Å². The molecular formula is C22H25Cl2N3O4S. The third kappa shape index (κ3) is 5.54. The van der Waals surface area contributed by atoms with Crippen molar-refractivity contribution in [3.05, 3.63) is 58.1 Å². The van der Waals surface area contributed by atoms with Gasteiger partial charge in [-0.2, -0.15) is 0 Å². The van der Waals surface area contributed by atoms with Gasteiger partial charge in [0.1, 0.15) is 10.4 Å². The first-order chi connectivity index (χ1) is 15.2. The number of halogens is 2. The molecule has 2 amide bonds. The maximum Gasteiger partial charge on any atom is 0.263 e. The standard InChI is InChI=1S/C22H25Cl2N3O4S/c1-2-25-21(29)22(12-4-3-5-13-22)26-20(28)15-6-9-17(10-7-15)27-32(30,31)19-14-16(23)8-11-18(19)24/h6-11,14,27H,2-5,12-13H2,1H3,(H,25,29)(H,26,28). The van der Waals surface area contributed by atoms with Crippen LogP contribution in [0.25, 0.3) is 0 Å². The van der Waals surface area contributed by atoms with E-state index in [2.05, 4.69) is 15.4 Å². The van der Waals surface area contributed by atoms with Crippen LogP contribution in [0.3, 0.4) is 0 Å². The van der Waals surface area contributed by atoms with Crippen LogP contribution < -0.4 is 15.4 Å². The molecule has 0 radical (unpaired) electrons. The van der Waals surface area contributed by atoms with Gasteiger partial charge in [0.05, 0.1) is 5.02 Å². The predicted octanol–water partition coefficient (Wildman–Crippen LogP) is 4.36. The quantitative estimate of drug-likeness (QED) is 0.528. The molecule has 172 valence electrons. The molecule has 7 nitrogen and oxygen atoms in total. The Labute approximate surface area is 197 Å². The molecule has 2 aromatic rings. The largest absolute Gasteiger partial charge is 0.354 e. The van der Waals surface area contributed by atoms with E-state index in [4.69, 9.17) is 23.2 Å². The van der Waals surface area contributed by atoms with E-state index in [1.165, 1.54) is 42.5 Å². The number of anilines is 1. The normalized spacial score (nSPS) is 15.6. The molecule has 1 fully saturated rings. The van der Waals surface area contributed by atoms with Gasteiger partial charge in [0.15, 0.2) is 0 Å². The number of amides is 2. The van der Waals surface area contributed by atoms with Crippen LogP contribution in [0.4, 0.5) is 5.69 Å². The summed E-state index contributed by atoms with van der Waals surface area (Å²) in [6.45, 7) is 2.33. The number of benzene rings is 2. The van der Waals surface area contributed by atoms with Crippen LogP contribution in [0.1, 0.15) is 49.4 Å². The minimum Gasteiger partial charge on any atom is -0.354 e. The van der Waals surface area contributed by atoms with Crippen LogP contribution in [0, 0.1) is 0 Å². The van der Waals surface area contributed by atoms with Crippen molar-refractivity contribution in [2.24, 2.45) is 0 Å². The molecule has 0 aromatic heterocycles. The molecule has 3 rings (SSSR count). The summed E-state index contributed by atoms with van der Waals surface area (Å²) in [6.07, 6.45) is 3.93. The van der Waals surface area contributed by atoms with Crippen molar-refractivity contribution in [2.45, 2.75) is 49.5 Å². The highest BCUT2D eigenvalue weighted by molar-refractivity contribution is 7.92. The lowest BCUT2D eigenvalue weighted by atomic mass is 9.80. The van der Waals surface area contributed by atoms with Crippen LogP contribution in [0.15, 0.2) is 47.4 Å². The molecule has 32 heavy (non-hydrogen) atoms. The van der Waals surface area contributed by atoms with Crippen molar-refractivity contribution in [2.75, 3.05) is 11.3 Å². The van der Waals surface area contributed by atoms with Gasteiger partial charge < -0.3 is 10.6 Å². The van der Waals surface area contributed by atoms with Gasteiger partial charge in [-0.15, -0.1) is 0 Å². The van der Waals surface area contributed by atoms with Crippen molar-refractivity contribution in [1.29, 1.82) is 0 Å². The summed E-state index contributed by atoms with van der Waals surface area (Å²) < 4.78 is 27.7. The fourth-order valence-corrected chi connectivity index (χ4v) is 5.59. The third-order valence-electron chi connectivity index (χ3n) is 5.41. The van der Waals surface area contributed by atoms with Crippen molar-refractivity contribution in [3.63, 3.8) is 0 Å². The van der Waals surface area contributed by atoms with E-state index in [9.17, 15) is 18.0 Å². The highest BCUT2D eigenvalue weighted by atomic mass is 35.5. The summed E-state index contributed by atoms with van der Waals surface area (Å²) in [4.78, 5) is 25.4. The Hall–Kier alpha value is -2.29. The maximum absolute atomic E-state index is 12.9. The van der Waals surface area contributed by atoms with Gasteiger partial charge in [-0.1, -0.05) is 42.5 Å². The molecular weight excluding hydrogens is 473 g/mol. The van der Waals surface area contributed by atoms with Crippen LogP contribution in [-0.4, -0.2) is 32.3 Å². The SMILES string of the molecule is CCNC(=O)C1(NC(=O)c2ccc(NS(=O)(=O)c3cc(Cl)ccc3Cl)cc2)CCCCC1. The Balaban J connectivity index is 1.75. The highest BCUT2D eigenvalue weighted by Crippen LogP contribution is 2.30. The van der Waals surface area contributed by atoms with E-state index in [0.717, 1.165) is 19.3 Å². The summed E-state index contributed by atoms with van der Waals surface area (Å²) in [7, 11) is -3.97. The fraction of sp³-hybridized carbons (Fsp3) is 0.364. The third-order valence-corrected chi connectivity index (χ3v) is 7.51. The minimum absolute atomic E-state index is 0.0426. The van der Waals surface area contributed by atoms with E-state index in [1.54, 1.807) is 0 Å². The molecule has 0 heterocycles. The Kier molecular flexibility index (Phi) is 7.69. The van der Waals surface area contributed by atoms with Crippen LogP contribution in [0.5, 0.6) is 0 Å². The molecule has 2 aromatic carbocycles. The van der Waals surface area contributed by atoms with Gasteiger partial charge in [0.2, 0.25) is 5.91 Å². The molecule has 0 spiro atoms. The number of carbonyl (C=O) groups excluding carboxylic acids is 2. The zero-order valence-corrected chi connectivity index (χ0v) is 19.9. The zero-order valence-electron chi connectivity index (χ0n) is 17.6. The summed E-state index contributed by atoms with van der Waals surface area (Å²) in [5.41, 5.74) is -0.341. The number of rotatable bonds is 7. The maximum atomic E-state index is 12.9. The molecule has 10 heteroatoms. The molecule has 0 bridgehead atoms. The lowest BCUT2D eigenvalue weighted by molar-refractivity contribution is -0.128. The number of nitrogens with one attached hydrogen (secondary N) is 3. The summed E-state index contributed by atoms with van der Waals surface area (Å²) in [6, 6.07) is 10.1. The Bertz CT molecular complexity index is 1100. The molecule has 1 saturated carbocycles. The Morgan fingerprint density at radius 2 is 1.66 bits per heavy atom. The van der Waals surface area contributed by atoms with Crippen LogP contribution in [0.2, 0.25) is 10.0 Å². The Morgan fingerprint density at radius 1 is 1.00 bits per heavy atom. The molecule has 0 atom stereocenters. The summed E-state index contributed by atoms with van der Waals surface area (Å²) in [5, 5.41) is 6.02. The molecule has 3 N–H and O–H groups in total. The van der Waals surface area contributed by atoms with Gasteiger partial charge >= 0.3 is 0 Å². The lowest BCUT2D eigenvalue weighted by Crippen LogP contribution is -2.59. The topological polar surface area (TPSA) is 104 Å². The van der Waals surface area contributed by atoms with Crippen molar-refractivity contribution >= 4 is 50.7 Å². The number of hydrogen-bond donors (Lipinski definition) is 3. The average Bonchev–Trinajstić information content (AvgIpc) is 2.76.